The highest BCUT2D eigenvalue weighted by Gasteiger charge is 2.37. The fraction of sp³-hybridized carbons (Fsp3) is 0.273. The van der Waals surface area contributed by atoms with Crippen molar-refractivity contribution in [3.05, 3.63) is 76.1 Å². The number of fused-ring (bicyclic) bond motifs is 2. The second kappa shape index (κ2) is 7.18. The lowest BCUT2D eigenvalue weighted by molar-refractivity contribution is 0.0708. The molecule has 0 radical (unpaired) electrons. The highest BCUT2D eigenvalue weighted by molar-refractivity contribution is 6.31. The SMILES string of the molecule is O=C1c2ccccc2C(Cc2nn(C3CNC3)cc2Cl)N1Cc1ccc2[nH]nnc2c1. The third-order valence-electron chi connectivity index (χ3n) is 6.21. The minimum atomic E-state index is -0.128. The fourth-order valence-electron chi connectivity index (χ4n) is 4.41. The lowest BCUT2D eigenvalue weighted by Gasteiger charge is -2.27. The van der Waals surface area contributed by atoms with Gasteiger partial charge in [0.15, 0.2) is 0 Å². The van der Waals surface area contributed by atoms with Crippen LogP contribution in [0.4, 0.5) is 0 Å². The number of amides is 1. The summed E-state index contributed by atoms with van der Waals surface area (Å²) in [5.74, 6) is 0.0274. The number of benzene rings is 2. The van der Waals surface area contributed by atoms with Crippen molar-refractivity contribution in [2.75, 3.05) is 13.1 Å². The van der Waals surface area contributed by atoms with Gasteiger partial charge in [-0.2, -0.15) is 5.10 Å². The summed E-state index contributed by atoms with van der Waals surface area (Å²) < 4.78 is 1.94. The number of halogens is 1. The summed E-state index contributed by atoms with van der Waals surface area (Å²) in [4.78, 5) is 15.2. The summed E-state index contributed by atoms with van der Waals surface area (Å²) in [5.41, 5.74) is 5.25. The zero-order valence-electron chi connectivity index (χ0n) is 16.6. The first-order chi connectivity index (χ1) is 15.2. The molecule has 4 heterocycles. The van der Waals surface area contributed by atoms with Gasteiger partial charge in [0.05, 0.1) is 28.3 Å². The molecule has 9 heteroatoms. The first-order valence-corrected chi connectivity index (χ1v) is 10.7. The van der Waals surface area contributed by atoms with Crippen LogP contribution in [0.1, 0.15) is 39.3 Å². The molecule has 1 fully saturated rings. The summed E-state index contributed by atoms with van der Waals surface area (Å²) in [6.07, 6.45) is 2.47. The van der Waals surface area contributed by atoms with E-state index in [-0.39, 0.29) is 11.9 Å². The van der Waals surface area contributed by atoms with E-state index in [2.05, 4.69) is 20.7 Å². The lowest BCUT2D eigenvalue weighted by Crippen LogP contribution is -2.43. The van der Waals surface area contributed by atoms with Crippen molar-refractivity contribution >= 4 is 28.5 Å². The van der Waals surface area contributed by atoms with E-state index in [9.17, 15) is 4.79 Å². The smallest absolute Gasteiger partial charge is 0.255 e. The maximum absolute atomic E-state index is 13.3. The predicted octanol–water partition coefficient (Wildman–Crippen LogP) is 2.89. The molecule has 1 amide bonds. The first-order valence-electron chi connectivity index (χ1n) is 10.3. The van der Waals surface area contributed by atoms with Gasteiger partial charge in [-0.05, 0) is 29.3 Å². The van der Waals surface area contributed by atoms with Crippen LogP contribution < -0.4 is 5.32 Å². The van der Waals surface area contributed by atoms with E-state index in [1.54, 1.807) is 0 Å². The number of carbonyl (C=O) groups is 1. The Kier molecular flexibility index (Phi) is 4.29. The van der Waals surface area contributed by atoms with Crippen LogP contribution in [-0.4, -0.2) is 49.1 Å². The molecule has 31 heavy (non-hydrogen) atoms. The van der Waals surface area contributed by atoms with Crippen molar-refractivity contribution in [2.45, 2.75) is 25.0 Å². The Balaban J connectivity index is 1.34. The number of aromatic amines is 1. The number of nitrogens with one attached hydrogen (secondary N) is 2. The molecule has 0 bridgehead atoms. The van der Waals surface area contributed by atoms with Crippen molar-refractivity contribution < 1.29 is 4.79 Å². The number of hydrogen-bond donors (Lipinski definition) is 2. The van der Waals surface area contributed by atoms with E-state index in [1.807, 2.05) is 58.2 Å². The zero-order valence-corrected chi connectivity index (χ0v) is 17.4. The van der Waals surface area contributed by atoms with Crippen LogP contribution in [-0.2, 0) is 13.0 Å². The maximum Gasteiger partial charge on any atom is 0.255 e. The zero-order chi connectivity index (χ0) is 20.9. The molecule has 1 unspecified atom stereocenters. The van der Waals surface area contributed by atoms with Gasteiger partial charge in [-0.15, -0.1) is 5.10 Å². The molecule has 8 nitrogen and oxygen atoms in total. The van der Waals surface area contributed by atoms with Crippen LogP contribution in [0.25, 0.3) is 11.0 Å². The van der Waals surface area contributed by atoms with Gasteiger partial charge in [0.2, 0.25) is 0 Å². The molecular formula is C22H20ClN7O. The molecule has 1 saturated heterocycles. The van der Waals surface area contributed by atoms with E-state index in [0.717, 1.165) is 46.5 Å². The van der Waals surface area contributed by atoms with Crippen molar-refractivity contribution in [3.8, 4) is 0 Å². The van der Waals surface area contributed by atoms with Crippen LogP contribution in [0, 0.1) is 0 Å². The summed E-state index contributed by atoms with van der Waals surface area (Å²) in [5, 5.41) is 19.5. The molecule has 2 aliphatic heterocycles. The summed E-state index contributed by atoms with van der Waals surface area (Å²) in [6, 6.07) is 13.9. The largest absolute Gasteiger partial charge is 0.327 e. The molecule has 2 N–H and O–H groups in total. The lowest BCUT2D eigenvalue weighted by atomic mass is 10.0. The monoisotopic (exact) mass is 433 g/mol. The van der Waals surface area contributed by atoms with E-state index in [1.165, 1.54) is 0 Å². The van der Waals surface area contributed by atoms with Crippen LogP contribution >= 0.6 is 11.6 Å². The first kappa shape index (κ1) is 18.5. The molecule has 156 valence electrons. The van der Waals surface area contributed by atoms with Crippen molar-refractivity contribution in [3.63, 3.8) is 0 Å². The Hall–Kier alpha value is -3.23. The normalized spacial score (nSPS) is 18.5. The number of nitrogens with zero attached hydrogens (tertiary/aromatic N) is 5. The Bertz CT molecular complexity index is 1290. The van der Waals surface area contributed by atoms with Crippen molar-refractivity contribution in [1.29, 1.82) is 0 Å². The highest BCUT2D eigenvalue weighted by Crippen LogP contribution is 2.38. The average molecular weight is 434 g/mol. The number of rotatable bonds is 5. The Morgan fingerprint density at radius 1 is 1.16 bits per heavy atom. The average Bonchev–Trinajstić information content (AvgIpc) is 3.40. The number of hydrogen-bond acceptors (Lipinski definition) is 5. The molecule has 0 aliphatic carbocycles. The number of aromatic nitrogens is 5. The maximum atomic E-state index is 13.3. The third kappa shape index (κ3) is 3.10. The molecule has 2 aliphatic rings. The van der Waals surface area contributed by atoms with E-state index in [4.69, 9.17) is 16.7 Å². The predicted molar refractivity (Wildman–Crippen MR) is 116 cm³/mol. The summed E-state index contributed by atoms with van der Waals surface area (Å²) in [7, 11) is 0. The number of carbonyl (C=O) groups excluding carboxylic acids is 1. The van der Waals surface area contributed by atoms with Crippen LogP contribution in [0.2, 0.25) is 5.02 Å². The van der Waals surface area contributed by atoms with Gasteiger partial charge in [-0.25, -0.2) is 0 Å². The van der Waals surface area contributed by atoms with Crippen molar-refractivity contribution in [2.24, 2.45) is 0 Å². The summed E-state index contributed by atoms with van der Waals surface area (Å²) in [6.45, 7) is 2.28. The minimum Gasteiger partial charge on any atom is -0.327 e. The second-order valence-corrected chi connectivity index (χ2v) is 8.53. The van der Waals surface area contributed by atoms with Crippen LogP contribution in [0.5, 0.6) is 0 Å². The summed E-state index contributed by atoms with van der Waals surface area (Å²) >= 11 is 6.55. The van der Waals surface area contributed by atoms with E-state index >= 15 is 0 Å². The topological polar surface area (TPSA) is 91.7 Å². The molecule has 1 atom stereocenters. The van der Waals surface area contributed by atoms with Gasteiger partial charge >= 0.3 is 0 Å². The van der Waals surface area contributed by atoms with Gasteiger partial charge in [0.25, 0.3) is 5.91 Å². The van der Waals surface area contributed by atoms with Gasteiger partial charge in [-0.3, -0.25) is 14.6 Å². The van der Waals surface area contributed by atoms with Crippen molar-refractivity contribution in [1.82, 2.24) is 35.4 Å². The molecule has 0 spiro atoms. The van der Waals surface area contributed by atoms with Gasteiger partial charge in [0.1, 0.15) is 5.52 Å². The third-order valence-corrected chi connectivity index (χ3v) is 6.52. The molecule has 2 aromatic heterocycles. The minimum absolute atomic E-state index is 0.0274. The van der Waals surface area contributed by atoms with E-state index in [0.29, 0.717) is 24.0 Å². The Morgan fingerprint density at radius 2 is 2.03 bits per heavy atom. The second-order valence-electron chi connectivity index (χ2n) is 8.12. The molecule has 0 saturated carbocycles. The Labute approximate surface area is 183 Å². The quantitative estimate of drug-likeness (QED) is 0.505. The fourth-order valence-corrected chi connectivity index (χ4v) is 4.62. The van der Waals surface area contributed by atoms with Gasteiger partial charge < -0.3 is 10.2 Å². The van der Waals surface area contributed by atoms with Crippen LogP contribution in [0.15, 0.2) is 48.7 Å². The molecule has 6 rings (SSSR count). The standard InChI is InChI=1S/C22H20ClN7O/c23-17-12-30(14-9-24-10-14)27-19(17)8-21-15-3-1-2-4-16(15)22(31)29(21)11-13-5-6-18-20(7-13)26-28-25-18/h1-7,12,14,21,24H,8-11H2,(H,25,26,28). The molecule has 2 aromatic carbocycles. The number of H-pyrrole nitrogens is 1. The van der Waals surface area contributed by atoms with E-state index < -0.39 is 0 Å². The van der Waals surface area contributed by atoms with Crippen LogP contribution in [0.3, 0.4) is 0 Å². The van der Waals surface area contributed by atoms with Gasteiger partial charge in [-0.1, -0.05) is 41.1 Å². The van der Waals surface area contributed by atoms with Gasteiger partial charge in [0, 0.05) is 37.8 Å². The molecular weight excluding hydrogens is 414 g/mol. The molecule has 4 aromatic rings. The highest BCUT2D eigenvalue weighted by atomic mass is 35.5. The Morgan fingerprint density at radius 3 is 2.87 bits per heavy atom.